The summed E-state index contributed by atoms with van der Waals surface area (Å²) < 4.78 is 6.84. The van der Waals surface area contributed by atoms with Gasteiger partial charge in [0.05, 0.1) is 33.7 Å². The standard InChI is InChI=1S/C59H37N3O/c1-37-29-32-41(33-30-37)62(53-28-14-23-46-45-22-13-16-39(36-60)57(45)63-58(46)53)54-35-50-56(44-21-8-7-20-43(44)54)55-42-19-6-5-15-38(42)31-34-49(55)59(50)47-24-9-11-26-51(47)61(40-17-3-2-4-18-40)52-27-12-10-25-48(52)59/h2-35H,1H3. The maximum Gasteiger partial charge on any atom is 0.159 e. The number of benzene rings is 10. The molecule has 13 rings (SSSR count). The molecule has 2 heterocycles. The van der Waals surface area contributed by atoms with Gasteiger partial charge in [-0.2, -0.15) is 5.26 Å². The molecule has 1 aliphatic heterocycles. The van der Waals surface area contributed by atoms with Crippen LogP contribution < -0.4 is 9.80 Å². The van der Waals surface area contributed by atoms with E-state index in [0.29, 0.717) is 11.1 Å². The summed E-state index contributed by atoms with van der Waals surface area (Å²) in [7, 11) is 0. The van der Waals surface area contributed by atoms with Gasteiger partial charge in [-0.05, 0) is 111 Å². The predicted molar refractivity (Wildman–Crippen MR) is 258 cm³/mol. The van der Waals surface area contributed by atoms with Gasteiger partial charge in [0.1, 0.15) is 6.07 Å². The van der Waals surface area contributed by atoms with Gasteiger partial charge in [0.15, 0.2) is 11.2 Å². The molecule has 4 nitrogen and oxygen atoms in total. The molecule has 294 valence electrons. The average Bonchev–Trinajstić information content (AvgIpc) is 3.88. The molecule has 0 N–H and O–H groups in total. The number of aryl methyl sites for hydroxylation is 1. The van der Waals surface area contributed by atoms with Crippen molar-refractivity contribution in [2.75, 3.05) is 9.80 Å². The van der Waals surface area contributed by atoms with Gasteiger partial charge in [0.2, 0.25) is 0 Å². The van der Waals surface area contributed by atoms with E-state index in [0.717, 1.165) is 55.9 Å². The number of rotatable bonds is 4. The van der Waals surface area contributed by atoms with Gasteiger partial charge in [-0.1, -0.05) is 157 Å². The Hall–Kier alpha value is -8.39. The molecule has 1 aliphatic carbocycles. The van der Waals surface area contributed by atoms with Crippen LogP contribution in [-0.4, -0.2) is 0 Å². The summed E-state index contributed by atoms with van der Waals surface area (Å²) in [5.41, 5.74) is 16.2. The van der Waals surface area contributed by atoms with Crippen molar-refractivity contribution in [1.82, 2.24) is 0 Å². The molecule has 0 amide bonds. The third-order valence-electron chi connectivity index (χ3n) is 13.5. The zero-order valence-corrected chi connectivity index (χ0v) is 34.4. The van der Waals surface area contributed by atoms with Crippen LogP contribution in [0.2, 0.25) is 0 Å². The molecular formula is C59H37N3O. The lowest BCUT2D eigenvalue weighted by Gasteiger charge is -2.45. The largest absolute Gasteiger partial charge is 0.452 e. The van der Waals surface area contributed by atoms with Crippen LogP contribution >= 0.6 is 0 Å². The van der Waals surface area contributed by atoms with E-state index in [1.54, 1.807) is 0 Å². The molecule has 0 radical (unpaired) electrons. The van der Waals surface area contributed by atoms with Crippen molar-refractivity contribution in [3.05, 3.63) is 240 Å². The van der Waals surface area contributed by atoms with Crippen molar-refractivity contribution in [3.8, 4) is 17.2 Å². The molecule has 63 heavy (non-hydrogen) atoms. The van der Waals surface area contributed by atoms with Crippen LogP contribution in [0, 0.1) is 18.3 Å². The lowest BCUT2D eigenvalue weighted by Crippen LogP contribution is -2.36. The molecule has 10 aromatic carbocycles. The summed E-state index contributed by atoms with van der Waals surface area (Å²) in [5.74, 6) is 0. The maximum absolute atomic E-state index is 10.2. The summed E-state index contributed by atoms with van der Waals surface area (Å²) in [6.07, 6.45) is 0. The number of hydrogen-bond donors (Lipinski definition) is 0. The monoisotopic (exact) mass is 803 g/mol. The normalized spacial score (nSPS) is 13.2. The summed E-state index contributed by atoms with van der Waals surface area (Å²) in [4.78, 5) is 4.82. The minimum atomic E-state index is -0.696. The molecule has 11 aromatic rings. The topological polar surface area (TPSA) is 43.4 Å². The first-order valence-electron chi connectivity index (χ1n) is 21.5. The highest BCUT2D eigenvalue weighted by molar-refractivity contribution is 6.18. The van der Waals surface area contributed by atoms with Gasteiger partial charge in [-0.15, -0.1) is 0 Å². The Kier molecular flexibility index (Phi) is 7.47. The van der Waals surface area contributed by atoms with E-state index in [4.69, 9.17) is 4.42 Å². The summed E-state index contributed by atoms with van der Waals surface area (Å²) in [5, 5.41) is 16.8. The second-order valence-corrected chi connectivity index (χ2v) is 16.7. The van der Waals surface area contributed by atoms with Gasteiger partial charge < -0.3 is 14.2 Å². The van der Waals surface area contributed by atoms with E-state index in [1.165, 1.54) is 55.1 Å². The zero-order valence-electron chi connectivity index (χ0n) is 34.4. The van der Waals surface area contributed by atoms with Crippen LogP contribution in [0.3, 0.4) is 0 Å². The Morgan fingerprint density at radius 1 is 0.476 bits per heavy atom. The van der Waals surface area contributed by atoms with Crippen LogP contribution in [-0.2, 0) is 5.41 Å². The van der Waals surface area contributed by atoms with Crippen LogP contribution in [0.5, 0.6) is 0 Å². The average molecular weight is 804 g/mol. The Morgan fingerprint density at radius 3 is 1.83 bits per heavy atom. The number of nitriles is 1. The number of anilines is 6. The first kappa shape index (κ1) is 35.4. The molecule has 0 fully saturated rings. The van der Waals surface area contributed by atoms with Gasteiger partial charge in [-0.25, -0.2) is 0 Å². The second kappa shape index (κ2) is 13.3. The molecule has 1 spiro atoms. The van der Waals surface area contributed by atoms with E-state index >= 15 is 0 Å². The molecule has 0 bridgehead atoms. The van der Waals surface area contributed by atoms with Crippen molar-refractivity contribution in [2.24, 2.45) is 0 Å². The quantitative estimate of drug-likeness (QED) is 0.178. The Bertz CT molecular complexity index is 3680. The van der Waals surface area contributed by atoms with Crippen LogP contribution in [0.4, 0.5) is 34.1 Å². The smallest absolute Gasteiger partial charge is 0.159 e. The van der Waals surface area contributed by atoms with E-state index in [-0.39, 0.29) is 0 Å². The highest BCUT2D eigenvalue weighted by atomic mass is 16.3. The minimum absolute atomic E-state index is 0.519. The van der Waals surface area contributed by atoms with Crippen molar-refractivity contribution >= 4 is 77.6 Å². The number of hydrogen-bond acceptors (Lipinski definition) is 4. The van der Waals surface area contributed by atoms with Crippen molar-refractivity contribution < 1.29 is 4.42 Å². The van der Waals surface area contributed by atoms with E-state index in [9.17, 15) is 5.26 Å². The Morgan fingerprint density at radius 2 is 1.08 bits per heavy atom. The number of fused-ring (bicyclic) bond motifs is 16. The first-order valence-corrected chi connectivity index (χ1v) is 21.5. The molecular weight excluding hydrogens is 767 g/mol. The SMILES string of the molecule is Cc1ccc(N(c2cc3c(c4ccccc24)-c2c(ccc4ccccc24)C32c3ccccc3N(c3ccccc3)c3ccccc32)c2cccc3c2oc2c(C#N)cccc23)cc1. The molecule has 0 saturated carbocycles. The highest BCUT2D eigenvalue weighted by Gasteiger charge is 2.53. The second-order valence-electron chi connectivity index (χ2n) is 16.7. The lowest BCUT2D eigenvalue weighted by molar-refractivity contribution is 0.668. The summed E-state index contributed by atoms with van der Waals surface area (Å²) >= 11 is 0. The molecule has 0 atom stereocenters. The lowest BCUT2D eigenvalue weighted by atomic mass is 9.64. The van der Waals surface area contributed by atoms with Gasteiger partial charge in [-0.3, -0.25) is 0 Å². The van der Waals surface area contributed by atoms with Crippen LogP contribution in [0.15, 0.2) is 211 Å². The molecule has 1 aromatic heterocycles. The van der Waals surface area contributed by atoms with Crippen LogP contribution in [0.1, 0.15) is 33.4 Å². The third-order valence-corrected chi connectivity index (χ3v) is 13.5. The molecule has 0 unspecified atom stereocenters. The first-order chi connectivity index (χ1) is 31.1. The Labute approximate surface area is 364 Å². The van der Waals surface area contributed by atoms with E-state index < -0.39 is 5.41 Å². The highest BCUT2D eigenvalue weighted by Crippen LogP contribution is 2.66. The van der Waals surface area contributed by atoms with Gasteiger partial charge >= 0.3 is 0 Å². The number of furan rings is 1. The summed E-state index contributed by atoms with van der Waals surface area (Å²) in [6, 6.07) is 77.1. The zero-order chi connectivity index (χ0) is 41.8. The fourth-order valence-corrected chi connectivity index (χ4v) is 11.0. The van der Waals surface area contributed by atoms with Crippen molar-refractivity contribution in [3.63, 3.8) is 0 Å². The van der Waals surface area contributed by atoms with Gasteiger partial charge in [0, 0.05) is 27.5 Å². The minimum Gasteiger partial charge on any atom is -0.452 e. The molecule has 0 saturated heterocycles. The van der Waals surface area contributed by atoms with Crippen LogP contribution in [0.25, 0.3) is 54.6 Å². The molecule has 4 heteroatoms. The van der Waals surface area contributed by atoms with Gasteiger partial charge in [0.25, 0.3) is 0 Å². The Balaban J connectivity index is 1.21. The van der Waals surface area contributed by atoms with Crippen molar-refractivity contribution in [1.29, 1.82) is 5.26 Å². The van der Waals surface area contributed by atoms with E-state index in [2.05, 4.69) is 217 Å². The van der Waals surface area contributed by atoms with E-state index in [1.807, 2.05) is 12.1 Å². The molecule has 2 aliphatic rings. The fraction of sp³-hybridized carbons (Fsp3) is 0.0339. The number of para-hydroxylation sites is 5. The van der Waals surface area contributed by atoms with Crippen molar-refractivity contribution in [2.45, 2.75) is 12.3 Å². The third kappa shape index (κ3) is 4.79. The fourth-order valence-electron chi connectivity index (χ4n) is 11.0. The number of nitrogens with zero attached hydrogens (tertiary/aromatic N) is 3. The maximum atomic E-state index is 10.2. The summed E-state index contributed by atoms with van der Waals surface area (Å²) in [6.45, 7) is 2.13. The predicted octanol–water partition coefficient (Wildman–Crippen LogP) is 15.7.